The number of alkyl carbamates (subject to hydrolysis) is 1. The van der Waals surface area contributed by atoms with Gasteiger partial charge in [-0.15, -0.1) is 0 Å². The van der Waals surface area contributed by atoms with E-state index in [-0.39, 0.29) is 12.5 Å². The maximum Gasteiger partial charge on any atom is 0.407 e. The average molecular weight is 440 g/mol. The van der Waals surface area contributed by atoms with Crippen molar-refractivity contribution in [2.75, 3.05) is 13.7 Å². The molecule has 0 heterocycles. The zero-order valence-electron chi connectivity index (χ0n) is 17.7. The summed E-state index contributed by atoms with van der Waals surface area (Å²) in [4.78, 5) is 47.1. The van der Waals surface area contributed by atoms with Crippen LogP contribution < -0.4 is 10.6 Å². The first-order valence-corrected chi connectivity index (χ1v) is 10.0. The highest BCUT2D eigenvalue weighted by Crippen LogP contribution is 2.44. The van der Waals surface area contributed by atoms with Crippen molar-refractivity contribution < 1.29 is 33.8 Å². The summed E-state index contributed by atoms with van der Waals surface area (Å²) in [6.45, 7) is 1.46. The van der Waals surface area contributed by atoms with Crippen LogP contribution >= 0.6 is 0 Å². The van der Waals surface area contributed by atoms with E-state index in [1.54, 1.807) is 0 Å². The summed E-state index contributed by atoms with van der Waals surface area (Å²) in [5.74, 6) is -3.07. The molecule has 0 bridgehead atoms. The molecule has 0 aliphatic heterocycles. The highest BCUT2D eigenvalue weighted by molar-refractivity contribution is 5.90. The molecule has 0 fully saturated rings. The topological polar surface area (TPSA) is 131 Å². The van der Waals surface area contributed by atoms with E-state index in [9.17, 15) is 19.2 Å². The van der Waals surface area contributed by atoms with Crippen molar-refractivity contribution in [3.05, 3.63) is 59.7 Å². The van der Waals surface area contributed by atoms with E-state index in [1.165, 1.54) is 6.92 Å². The molecule has 2 aromatic rings. The summed E-state index contributed by atoms with van der Waals surface area (Å²) in [6.07, 6.45) is -1.34. The minimum Gasteiger partial charge on any atom is -0.480 e. The zero-order chi connectivity index (χ0) is 23.3. The van der Waals surface area contributed by atoms with Crippen molar-refractivity contribution >= 4 is 23.9 Å². The molecule has 0 saturated carbocycles. The third-order valence-electron chi connectivity index (χ3n) is 5.28. The van der Waals surface area contributed by atoms with Crippen LogP contribution in [0.25, 0.3) is 11.1 Å². The van der Waals surface area contributed by atoms with Gasteiger partial charge >= 0.3 is 18.0 Å². The molecule has 9 heteroatoms. The van der Waals surface area contributed by atoms with Gasteiger partial charge in [0.1, 0.15) is 18.7 Å². The van der Waals surface area contributed by atoms with E-state index in [4.69, 9.17) is 9.84 Å². The second kappa shape index (κ2) is 9.95. The Labute approximate surface area is 184 Å². The predicted molar refractivity (Wildman–Crippen MR) is 114 cm³/mol. The van der Waals surface area contributed by atoms with Crippen molar-refractivity contribution in [3.8, 4) is 11.1 Å². The fourth-order valence-corrected chi connectivity index (χ4v) is 3.63. The molecule has 0 saturated heterocycles. The van der Waals surface area contributed by atoms with Crippen molar-refractivity contribution in [2.24, 2.45) is 0 Å². The summed E-state index contributed by atoms with van der Waals surface area (Å²) in [6, 6.07) is 13.2. The van der Waals surface area contributed by atoms with E-state index in [0.717, 1.165) is 29.4 Å². The lowest BCUT2D eigenvalue weighted by Crippen LogP contribution is -2.51. The second-order valence-corrected chi connectivity index (χ2v) is 7.37. The van der Waals surface area contributed by atoms with Crippen molar-refractivity contribution in [2.45, 2.75) is 31.3 Å². The Morgan fingerprint density at radius 2 is 1.53 bits per heavy atom. The Balaban J connectivity index is 1.57. The minimum atomic E-state index is -1.47. The number of carboxylic acids is 1. The van der Waals surface area contributed by atoms with Gasteiger partial charge in [0.2, 0.25) is 5.91 Å². The van der Waals surface area contributed by atoms with Crippen LogP contribution in [0.3, 0.4) is 0 Å². The van der Waals surface area contributed by atoms with Crippen LogP contribution in [0, 0.1) is 0 Å². The smallest absolute Gasteiger partial charge is 0.407 e. The Morgan fingerprint density at radius 1 is 0.969 bits per heavy atom. The molecule has 1 aliphatic carbocycles. The van der Waals surface area contributed by atoms with Crippen LogP contribution in [-0.2, 0) is 23.9 Å². The van der Waals surface area contributed by atoms with Crippen LogP contribution in [-0.4, -0.2) is 54.8 Å². The molecular weight excluding hydrogens is 416 g/mol. The monoisotopic (exact) mass is 440 g/mol. The van der Waals surface area contributed by atoms with Crippen molar-refractivity contribution in [1.29, 1.82) is 0 Å². The number of hydrogen-bond acceptors (Lipinski definition) is 6. The van der Waals surface area contributed by atoms with E-state index in [0.29, 0.717) is 0 Å². The van der Waals surface area contributed by atoms with Gasteiger partial charge in [-0.2, -0.15) is 0 Å². The number of ether oxygens (including phenoxy) is 2. The van der Waals surface area contributed by atoms with Crippen molar-refractivity contribution in [3.63, 3.8) is 0 Å². The average Bonchev–Trinajstić information content (AvgIpc) is 3.10. The molecule has 1 aliphatic rings. The number of aliphatic carboxylic acids is 1. The van der Waals surface area contributed by atoms with Crippen LogP contribution in [0.1, 0.15) is 30.4 Å². The summed E-state index contributed by atoms with van der Waals surface area (Å²) in [7, 11) is 1.12. The Hall–Kier alpha value is -3.88. The lowest BCUT2D eigenvalue weighted by molar-refractivity contribution is -0.148. The molecule has 9 nitrogen and oxygen atoms in total. The first-order chi connectivity index (χ1) is 15.3. The first-order valence-electron chi connectivity index (χ1n) is 10.0. The van der Waals surface area contributed by atoms with E-state index >= 15 is 0 Å². The van der Waals surface area contributed by atoms with E-state index in [2.05, 4.69) is 15.4 Å². The number of hydrogen-bond donors (Lipinski definition) is 3. The van der Waals surface area contributed by atoms with E-state index < -0.39 is 42.4 Å². The highest BCUT2D eigenvalue weighted by Gasteiger charge is 2.30. The second-order valence-electron chi connectivity index (χ2n) is 7.37. The third kappa shape index (κ3) is 5.05. The number of benzene rings is 2. The molecule has 0 aromatic heterocycles. The summed E-state index contributed by atoms with van der Waals surface area (Å²) in [5, 5.41) is 13.7. The maximum atomic E-state index is 12.3. The molecule has 0 spiro atoms. The standard InChI is InChI=1S/C23H24N2O7/c1-13(21(27)25-19(22(28)29)11-20(26)31-2)24-23(30)32-12-18-16-9-5-3-7-14(16)15-8-4-6-10-17(15)18/h3-10,13,18-19H,11-12H2,1-2H3,(H,24,30)(H,25,27)(H,28,29)/t13-,19+/m0/s1. The van der Waals surface area contributed by atoms with Gasteiger partial charge in [0.05, 0.1) is 13.5 Å². The van der Waals surface area contributed by atoms with Crippen LogP contribution in [0.4, 0.5) is 4.79 Å². The Kier molecular flexibility index (Phi) is 7.09. The quantitative estimate of drug-likeness (QED) is 0.536. The Bertz CT molecular complexity index is 991. The molecular formula is C23H24N2O7. The fraction of sp³-hybridized carbons (Fsp3) is 0.304. The van der Waals surface area contributed by atoms with Crippen LogP contribution in [0.15, 0.2) is 48.5 Å². The first kappa shape index (κ1) is 22.8. The number of rotatable bonds is 8. The summed E-state index contributed by atoms with van der Waals surface area (Å²) in [5.41, 5.74) is 4.30. The fourth-order valence-electron chi connectivity index (χ4n) is 3.63. The van der Waals surface area contributed by atoms with Gasteiger partial charge in [0, 0.05) is 5.92 Å². The molecule has 3 N–H and O–H groups in total. The highest BCUT2D eigenvalue weighted by atomic mass is 16.5. The van der Waals surface area contributed by atoms with E-state index in [1.807, 2.05) is 48.5 Å². The minimum absolute atomic E-state index is 0.0777. The van der Waals surface area contributed by atoms with Crippen LogP contribution in [0.5, 0.6) is 0 Å². The molecule has 0 unspecified atom stereocenters. The number of carbonyl (C=O) groups excluding carboxylic acids is 3. The normalized spacial score (nSPS) is 13.8. The molecule has 2 atom stereocenters. The number of fused-ring (bicyclic) bond motifs is 3. The SMILES string of the molecule is COC(=O)C[C@@H](NC(=O)[C@H](C)NC(=O)OCC1c2ccccc2-c2ccccc21)C(=O)O. The number of carboxylic acid groups (broad SMARTS) is 1. The number of methoxy groups -OCH3 is 1. The van der Waals surface area contributed by atoms with Crippen molar-refractivity contribution in [1.82, 2.24) is 10.6 Å². The van der Waals surface area contributed by atoms with Crippen LogP contribution in [0.2, 0.25) is 0 Å². The Morgan fingerprint density at radius 3 is 2.06 bits per heavy atom. The molecule has 32 heavy (non-hydrogen) atoms. The van der Waals surface area contributed by atoms with Gasteiger partial charge in [-0.05, 0) is 29.2 Å². The van der Waals surface area contributed by atoms with Gasteiger partial charge < -0.3 is 25.2 Å². The van der Waals surface area contributed by atoms with Gasteiger partial charge in [0.15, 0.2) is 0 Å². The molecule has 2 aromatic carbocycles. The summed E-state index contributed by atoms with van der Waals surface area (Å²) < 4.78 is 9.80. The lowest BCUT2D eigenvalue weighted by atomic mass is 9.98. The van der Waals surface area contributed by atoms with Gasteiger partial charge in [-0.1, -0.05) is 48.5 Å². The largest absolute Gasteiger partial charge is 0.480 e. The summed E-state index contributed by atoms with van der Waals surface area (Å²) >= 11 is 0. The third-order valence-corrected chi connectivity index (χ3v) is 5.28. The molecule has 168 valence electrons. The van der Waals surface area contributed by atoms with Gasteiger partial charge in [0.25, 0.3) is 0 Å². The molecule has 3 rings (SSSR count). The number of nitrogens with one attached hydrogen (secondary N) is 2. The van der Waals surface area contributed by atoms with Gasteiger partial charge in [-0.25, -0.2) is 9.59 Å². The number of amides is 2. The lowest BCUT2D eigenvalue weighted by Gasteiger charge is -2.19. The number of carbonyl (C=O) groups is 4. The van der Waals surface area contributed by atoms with Gasteiger partial charge in [-0.3, -0.25) is 9.59 Å². The number of esters is 1. The zero-order valence-corrected chi connectivity index (χ0v) is 17.7. The predicted octanol–water partition coefficient (Wildman–Crippen LogP) is 2.05. The maximum absolute atomic E-state index is 12.3. The molecule has 0 radical (unpaired) electrons. The molecule has 2 amide bonds.